The van der Waals surface area contributed by atoms with Gasteiger partial charge in [-0.05, 0) is 19.0 Å². The van der Waals surface area contributed by atoms with Gasteiger partial charge >= 0.3 is 8.56 Å². The van der Waals surface area contributed by atoms with Crippen molar-refractivity contribution in [2.75, 3.05) is 27.3 Å². The molecular weight excluding hydrogens is 288 g/mol. The van der Waals surface area contributed by atoms with Gasteiger partial charge in [0.05, 0.1) is 0 Å². The molecule has 0 aromatic heterocycles. The van der Waals surface area contributed by atoms with E-state index < -0.39 is 23.8 Å². The van der Waals surface area contributed by atoms with E-state index in [9.17, 15) is 13.2 Å². The van der Waals surface area contributed by atoms with Crippen molar-refractivity contribution in [3.05, 3.63) is 0 Å². The smallest absolute Gasteiger partial charge is 0.334 e. The summed E-state index contributed by atoms with van der Waals surface area (Å²) in [6.07, 6.45) is 0.718. The minimum atomic E-state index is -3.63. The summed E-state index contributed by atoms with van der Waals surface area (Å²) in [5.74, 6) is -0.155. The number of amides is 1. The maximum atomic E-state index is 11.7. The lowest BCUT2D eigenvalue weighted by molar-refractivity contribution is -0.127. The Kier molecular flexibility index (Phi) is 5.50. The Balaban J connectivity index is 2.45. The standard InChI is InChI=1S/C10H22N2O5SSi/c1-16-19(3,17-2)6-4-5-12-8-9(7-10(12)13)18(11,14)15/h9H,4-8H2,1-3H3,(H2,11,14,15). The van der Waals surface area contributed by atoms with Crippen molar-refractivity contribution in [3.63, 3.8) is 0 Å². The molecule has 0 radical (unpaired) electrons. The van der Waals surface area contributed by atoms with Crippen LogP contribution in [0, 0.1) is 0 Å². The maximum absolute atomic E-state index is 11.7. The van der Waals surface area contributed by atoms with Gasteiger partial charge < -0.3 is 13.8 Å². The van der Waals surface area contributed by atoms with Crippen molar-refractivity contribution in [2.45, 2.75) is 30.7 Å². The first kappa shape index (κ1) is 16.6. The van der Waals surface area contributed by atoms with Crippen molar-refractivity contribution in [1.82, 2.24) is 4.90 Å². The number of rotatable bonds is 7. The molecule has 1 saturated heterocycles. The second-order valence-electron chi connectivity index (χ2n) is 4.90. The second kappa shape index (κ2) is 6.31. The molecule has 1 heterocycles. The SMILES string of the molecule is CO[Si](C)(CCCN1CC(S(N)(=O)=O)CC1=O)OC. The molecule has 19 heavy (non-hydrogen) atoms. The summed E-state index contributed by atoms with van der Waals surface area (Å²) in [4.78, 5) is 13.2. The van der Waals surface area contributed by atoms with Gasteiger partial charge in [0.1, 0.15) is 5.25 Å². The Bertz CT molecular complexity index is 424. The lowest BCUT2D eigenvalue weighted by atomic mass is 10.4. The highest BCUT2D eigenvalue weighted by Crippen LogP contribution is 2.19. The van der Waals surface area contributed by atoms with Crippen LogP contribution < -0.4 is 5.14 Å². The number of primary sulfonamides is 1. The summed E-state index contributed by atoms with van der Waals surface area (Å²) >= 11 is 0. The van der Waals surface area contributed by atoms with Crippen LogP contribution >= 0.6 is 0 Å². The molecule has 7 nitrogen and oxygen atoms in total. The van der Waals surface area contributed by atoms with E-state index >= 15 is 0 Å². The molecule has 0 aromatic rings. The number of hydrogen-bond acceptors (Lipinski definition) is 5. The summed E-state index contributed by atoms with van der Waals surface area (Å²) in [5, 5.41) is 4.30. The van der Waals surface area contributed by atoms with Crippen molar-refractivity contribution < 1.29 is 22.1 Å². The predicted molar refractivity (Wildman–Crippen MR) is 73.2 cm³/mol. The number of nitrogens with zero attached hydrogens (tertiary/aromatic N) is 1. The van der Waals surface area contributed by atoms with Gasteiger partial charge in [-0.1, -0.05) is 0 Å². The number of carbonyl (C=O) groups excluding carboxylic acids is 1. The predicted octanol–water partition coefficient (Wildman–Crippen LogP) is -0.369. The highest BCUT2D eigenvalue weighted by atomic mass is 32.2. The van der Waals surface area contributed by atoms with E-state index in [1.54, 1.807) is 19.1 Å². The summed E-state index contributed by atoms with van der Waals surface area (Å²) in [6, 6.07) is 0.754. The van der Waals surface area contributed by atoms with Crippen molar-refractivity contribution in [2.24, 2.45) is 5.14 Å². The Morgan fingerprint density at radius 3 is 2.42 bits per heavy atom. The van der Waals surface area contributed by atoms with E-state index in [1.165, 1.54) is 0 Å². The van der Waals surface area contributed by atoms with Crippen LogP contribution in [0.1, 0.15) is 12.8 Å². The number of carbonyl (C=O) groups is 1. The molecule has 9 heteroatoms. The topological polar surface area (TPSA) is 98.9 Å². The lowest BCUT2D eigenvalue weighted by Gasteiger charge is -2.24. The van der Waals surface area contributed by atoms with Gasteiger partial charge in [0, 0.05) is 33.7 Å². The highest BCUT2D eigenvalue weighted by molar-refractivity contribution is 7.89. The summed E-state index contributed by atoms with van der Waals surface area (Å²) in [7, 11) is -2.52. The van der Waals surface area contributed by atoms with Crippen LogP contribution in [-0.2, 0) is 23.7 Å². The molecule has 112 valence electrons. The van der Waals surface area contributed by atoms with Crippen LogP contribution in [0.5, 0.6) is 0 Å². The molecule has 0 aromatic carbocycles. The van der Waals surface area contributed by atoms with E-state index in [1.807, 2.05) is 6.55 Å². The van der Waals surface area contributed by atoms with Crippen LogP contribution in [0.3, 0.4) is 0 Å². The van der Waals surface area contributed by atoms with E-state index in [0.717, 1.165) is 12.5 Å². The fourth-order valence-corrected chi connectivity index (χ4v) is 4.19. The molecule has 1 fully saturated rings. The average Bonchev–Trinajstić information content (AvgIpc) is 2.71. The van der Waals surface area contributed by atoms with Gasteiger partial charge in [-0.2, -0.15) is 0 Å². The summed E-state index contributed by atoms with van der Waals surface area (Å²) in [6.45, 7) is 2.65. The highest BCUT2D eigenvalue weighted by Gasteiger charge is 2.36. The quantitative estimate of drug-likeness (QED) is 0.647. The molecule has 0 saturated carbocycles. The fraction of sp³-hybridized carbons (Fsp3) is 0.900. The molecule has 2 N–H and O–H groups in total. The second-order valence-corrected chi connectivity index (χ2v) is 10.3. The molecule has 1 amide bonds. The first-order chi connectivity index (χ1) is 8.72. The molecular formula is C10H22N2O5SSi. The molecule has 0 spiro atoms. The minimum absolute atomic E-state index is 0.0118. The zero-order chi connectivity index (χ0) is 14.7. The monoisotopic (exact) mass is 310 g/mol. The van der Waals surface area contributed by atoms with Crippen molar-refractivity contribution >= 4 is 24.5 Å². The Morgan fingerprint density at radius 2 is 2.00 bits per heavy atom. The number of hydrogen-bond donors (Lipinski definition) is 1. The normalized spacial score (nSPS) is 21.2. The average molecular weight is 310 g/mol. The molecule has 0 aliphatic carbocycles. The van der Waals surface area contributed by atoms with Gasteiger partial charge in [-0.25, -0.2) is 13.6 Å². The third kappa shape index (κ3) is 4.53. The van der Waals surface area contributed by atoms with E-state index in [0.29, 0.717) is 6.54 Å². The Hall–Kier alpha value is -0.483. The van der Waals surface area contributed by atoms with Crippen LogP contribution in [0.25, 0.3) is 0 Å². The lowest BCUT2D eigenvalue weighted by Crippen LogP contribution is -2.37. The first-order valence-corrected chi connectivity index (χ1v) is 10.2. The van der Waals surface area contributed by atoms with E-state index in [2.05, 4.69) is 0 Å². The third-order valence-corrected chi connectivity index (χ3v) is 7.80. The van der Waals surface area contributed by atoms with E-state index in [-0.39, 0.29) is 18.9 Å². The first-order valence-electron chi connectivity index (χ1n) is 6.11. The number of nitrogens with two attached hydrogens (primary N) is 1. The van der Waals surface area contributed by atoms with Gasteiger partial charge in [0.25, 0.3) is 0 Å². The largest absolute Gasteiger partial charge is 0.398 e. The van der Waals surface area contributed by atoms with Crippen LogP contribution in [0.4, 0.5) is 0 Å². The van der Waals surface area contributed by atoms with Gasteiger partial charge in [0.2, 0.25) is 15.9 Å². The summed E-state index contributed by atoms with van der Waals surface area (Å²) < 4.78 is 33.1. The number of sulfonamides is 1. The maximum Gasteiger partial charge on any atom is 0.334 e. The summed E-state index contributed by atoms with van der Waals surface area (Å²) in [5.41, 5.74) is 0. The van der Waals surface area contributed by atoms with Crippen LogP contribution in [-0.4, -0.2) is 60.3 Å². The van der Waals surface area contributed by atoms with Crippen molar-refractivity contribution in [3.8, 4) is 0 Å². The molecule has 1 aliphatic rings. The zero-order valence-corrected chi connectivity index (χ0v) is 13.4. The molecule has 0 bridgehead atoms. The Labute approximate surface area is 115 Å². The minimum Gasteiger partial charge on any atom is -0.398 e. The van der Waals surface area contributed by atoms with Gasteiger partial charge in [0.15, 0.2) is 0 Å². The molecule has 1 aliphatic heterocycles. The Morgan fingerprint density at radius 1 is 1.42 bits per heavy atom. The molecule has 1 unspecified atom stereocenters. The van der Waals surface area contributed by atoms with E-state index in [4.69, 9.17) is 14.0 Å². The third-order valence-electron chi connectivity index (χ3n) is 3.57. The van der Waals surface area contributed by atoms with Crippen LogP contribution in [0.15, 0.2) is 0 Å². The van der Waals surface area contributed by atoms with Gasteiger partial charge in [-0.3, -0.25) is 4.79 Å². The number of likely N-dealkylation sites (tertiary alicyclic amines) is 1. The van der Waals surface area contributed by atoms with Crippen LogP contribution in [0.2, 0.25) is 12.6 Å². The molecule has 1 rings (SSSR count). The van der Waals surface area contributed by atoms with Crippen molar-refractivity contribution in [1.29, 1.82) is 0 Å². The van der Waals surface area contributed by atoms with Gasteiger partial charge in [-0.15, -0.1) is 0 Å². The zero-order valence-electron chi connectivity index (χ0n) is 11.6. The molecule has 1 atom stereocenters. The fourth-order valence-electron chi connectivity index (χ4n) is 2.05.